The largest absolute Gasteiger partial charge is 0.390 e. The van der Waals surface area contributed by atoms with E-state index in [1.807, 2.05) is 7.05 Å². The molecule has 2 rings (SSSR count). The van der Waals surface area contributed by atoms with E-state index in [2.05, 4.69) is 14.9 Å². The first-order chi connectivity index (χ1) is 7.31. The molecule has 1 fully saturated rings. The predicted octanol–water partition coefficient (Wildman–Crippen LogP) is 0.194. The van der Waals surface area contributed by atoms with Crippen molar-refractivity contribution in [1.82, 2.24) is 9.97 Å². The van der Waals surface area contributed by atoms with Gasteiger partial charge in [-0.25, -0.2) is 4.98 Å². The van der Waals surface area contributed by atoms with Crippen molar-refractivity contribution >= 4 is 5.82 Å². The summed E-state index contributed by atoms with van der Waals surface area (Å²) >= 11 is 0. The van der Waals surface area contributed by atoms with Crippen LogP contribution in [0.4, 0.5) is 5.82 Å². The summed E-state index contributed by atoms with van der Waals surface area (Å²) in [5.74, 6) is 0.789. The molecule has 0 aliphatic carbocycles. The highest BCUT2D eigenvalue weighted by Crippen LogP contribution is 2.17. The van der Waals surface area contributed by atoms with Crippen LogP contribution in [0.5, 0.6) is 0 Å². The molecule has 1 atom stereocenters. The molecule has 0 radical (unpaired) electrons. The summed E-state index contributed by atoms with van der Waals surface area (Å²) in [6.07, 6.45) is 4.29. The van der Waals surface area contributed by atoms with Gasteiger partial charge in [0.1, 0.15) is 5.82 Å². The second-order valence-electron chi connectivity index (χ2n) is 3.66. The molecule has 0 aromatic carbocycles. The maximum atomic E-state index is 8.96. The Hall–Kier alpha value is -1.20. The van der Waals surface area contributed by atoms with Gasteiger partial charge < -0.3 is 14.7 Å². The van der Waals surface area contributed by atoms with Gasteiger partial charge in [-0.05, 0) is 6.42 Å². The van der Waals surface area contributed by atoms with E-state index < -0.39 is 0 Å². The van der Waals surface area contributed by atoms with Gasteiger partial charge in [0.2, 0.25) is 0 Å². The Kier molecular flexibility index (Phi) is 3.13. The van der Waals surface area contributed by atoms with E-state index in [0.29, 0.717) is 11.7 Å². The molecule has 1 saturated heterocycles. The second-order valence-corrected chi connectivity index (χ2v) is 3.66. The van der Waals surface area contributed by atoms with E-state index in [1.54, 1.807) is 12.4 Å². The molecule has 15 heavy (non-hydrogen) atoms. The molecular weight excluding hydrogens is 194 g/mol. The average Bonchev–Trinajstić information content (AvgIpc) is 2.81. The van der Waals surface area contributed by atoms with Crippen LogP contribution in [0.3, 0.4) is 0 Å². The molecule has 5 nitrogen and oxygen atoms in total. The number of aromatic nitrogens is 2. The quantitative estimate of drug-likeness (QED) is 0.770. The first kappa shape index (κ1) is 10.3. The molecule has 82 valence electrons. The summed E-state index contributed by atoms with van der Waals surface area (Å²) in [5.41, 5.74) is 0.596. The zero-order valence-electron chi connectivity index (χ0n) is 8.76. The van der Waals surface area contributed by atoms with Crippen molar-refractivity contribution in [3.8, 4) is 0 Å². The maximum Gasteiger partial charge on any atom is 0.147 e. The number of likely N-dealkylation sites (N-methyl/N-ethyl adjacent to an activating group) is 1. The Bertz CT molecular complexity index is 326. The van der Waals surface area contributed by atoms with Gasteiger partial charge in [-0.15, -0.1) is 0 Å². The summed E-state index contributed by atoms with van der Waals surface area (Å²) in [6, 6.07) is 0.369. The SMILES string of the molecule is CN(c1cncc(CO)n1)C1CCOC1. The van der Waals surface area contributed by atoms with E-state index in [0.717, 1.165) is 25.5 Å². The number of rotatable bonds is 3. The van der Waals surface area contributed by atoms with E-state index in [-0.39, 0.29) is 6.61 Å². The van der Waals surface area contributed by atoms with E-state index in [4.69, 9.17) is 9.84 Å². The van der Waals surface area contributed by atoms with Crippen LogP contribution in [0.15, 0.2) is 12.4 Å². The first-order valence-corrected chi connectivity index (χ1v) is 5.03. The van der Waals surface area contributed by atoms with Crippen molar-refractivity contribution < 1.29 is 9.84 Å². The van der Waals surface area contributed by atoms with Gasteiger partial charge in [0.05, 0.1) is 37.3 Å². The van der Waals surface area contributed by atoms with Crippen molar-refractivity contribution in [3.05, 3.63) is 18.1 Å². The molecule has 1 aliphatic rings. The average molecular weight is 209 g/mol. The van der Waals surface area contributed by atoms with Gasteiger partial charge in [0.25, 0.3) is 0 Å². The Morgan fingerprint density at radius 2 is 2.47 bits per heavy atom. The molecule has 1 aliphatic heterocycles. The smallest absolute Gasteiger partial charge is 0.147 e. The fourth-order valence-corrected chi connectivity index (χ4v) is 1.66. The Balaban J connectivity index is 2.13. The Labute approximate surface area is 88.7 Å². The van der Waals surface area contributed by atoms with Gasteiger partial charge >= 0.3 is 0 Å². The van der Waals surface area contributed by atoms with Gasteiger partial charge in [0, 0.05) is 13.7 Å². The summed E-state index contributed by atoms with van der Waals surface area (Å²) in [7, 11) is 1.98. The highest BCUT2D eigenvalue weighted by Gasteiger charge is 2.21. The number of anilines is 1. The van der Waals surface area contributed by atoms with Crippen LogP contribution in [-0.4, -0.2) is 41.4 Å². The normalized spacial score (nSPS) is 20.5. The Morgan fingerprint density at radius 3 is 3.13 bits per heavy atom. The van der Waals surface area contributed by atoms with Crippen molar-refractivity contribution in [1.29, 1.82) is 0 Å². The molecule has 1 aromatic heterocycles. The van der Waals surface area contributed by atoms with Crippen molar-refractivity contribution in [3.63, 3.8) is 0 Å². The summed E-state index contributed by atoms with van der Waals surface area (Å²) in [5, 5.41) is 8.96. The minimum absolute atomic E-state index is 0.0736. The zero-order chi connectivity index (χ0) is 10.7. The maximum absolute atomic E-state index is 8.96. The number of nitrogens with zero attached hydrogens (tertiary/aromatic N) is 3. The minimum Gasteiger partial charge on any atom is -0.390 e. The third-order valence-electron chi connectivity index (χ3n) is 2.65. The number of aliphatic hydroxyl groups excluding tert-OH is 1. The number of ether oxygens (including phenoxy) is 1. The van der Waals surface area contributed by atoms with Crippen LogP contribution in [0.25, 0.3) is 0 Å². The number of hydrogen-bond donors (Lipinski definition) is 1. The first-order valence-electron chi connectivity index (χ1n) is 5.03. The molecule has 0 spiro atoms. The Morgan fingerprint density at radius 1 is 1.60 bits per heavy atom. The summed E-state index contributed by atoms with van der Waals surface area (Å²) in [6.45, 7) is 1.47. The van der Waals surface area contributed by atoms with Gasteiger partial charge in [0.15, 0.2) is 0 Å². The molecule has 1 N–H and O–H groups in total. The van der Waals surface area contributed by atoms with E-state index >= 15 is 0 Å². The fraction of sp³-hybridized carbons (Fsp3) is 0.600. The van der Waals surface area contributed by atoms with Crippen molar-refractivity contribution in [2.45, 2.75) is 19.1 Å². The van der Waals surface area contributed by atoms with E-state index in [1.165, 1.54) is 0 Å². The lowest BCUT2D eigenvalue weighted by Crippen LogP contribution is -2.32. The predicted molar refractivity (Wildman–Crippen MR) is 55.6 cm³/mol. The number of hydrogen-bond acceptors (Lipinski definition) is 5. The molecule has 0 bridgehead atoms. The molecule has 1 unspecified atom stereocenters. The lowest BCUT2D eigenvalue weighted by Gasteiger charge is -2.23. The minimum atomic E-state index is -0.0736. The molecule has 2 heterocycles. The second kappa shape index (κ2) is 4.55. The van der Waals surface area contributed by atoms with Crippen LogP contribution in [-0.2, 0) is 11.3 Å². The molecule has 0 saturated carbocycles. The fourth-order valence-electron chi connectivity index (χ4n) is 1.66. The zero-order valence-corrected chi connectivity index (χ0v) is 8.76. The van der Waals surface area contributed by atoms with Gasteiger partial charge in [-0.1, -0.05) is 0 Å². The monoisotopic (exact) mass is 209 g/mol. The van der Waals surface area contributed by atoms with Gasteiger partial charge in [-0.3, -0.25) is 4.98 Å². The topological polar surface area (TPSA) is 58.5 Å². The third-order valence-corrected chi connectivity index (χ3v) is 2.65. The standard InChI is InChI=1S/C10H15N3O2/c1-13(9-2-3-15-7-9)10-5-11-4-8(6-14)12-10/h4-5,9,14H,2-3,6-7H2,1H3. The van der Waals surface area contributed by atoms with Crippen LogP contribution in [0.2, 0.25) is 0 Å². The molecular formula is C10H15N3O2. The van der Waals surface area contributed by atoms with Crippen LogP contribution in [0, 0.1) is 0 Å². The molecule has 5 heteroatoms. The molecule has 1 aromatic rings. The van der Waals surface area contributed by atoms with Crippen molar-refractivity contribution in [2.75, 3.05) is 25.2 Å². The molecule has 0 amide bonds. The van der Waals surface area contributed by atoms with Crippen LogP contribution in [0.1, 0.15) is 12.1 Å². The third kappa shape index (κ3) is 2.24. The van der Waals surface area contributed by atoms with Crippen molar-refractivity contribution in [2.24, 2.45) is 0 Å². The summed E-state index contributed by atoms with van der Waals surface area (Å²) in [4.78, 5) is 10.4. The van der Waals surface area contributed by atoms with Crippen LogP contribution < -0.4 is 4.90 Å². The highest BCUT2D eigenvalue weighted by molar-refractivity contribution is 5.36. The number of aliphatic hydroxyl groups is 1. The lowest BCUT2D eigenvalue weighted by molar-refractivity contribution is 0.193. The van der Waals surface area contributed by atoms with E-state index in [9.17, 15) is 0 Å². The summed E-state index contributed by atoms with van der Waals surface area (Å²) < 4.78 is 5.32. The van der Waals surface area contributed by atoms with Gasteiger partial charge in [-0.2, -0.15) is 0 Å². The lowest BCUT2D eigenvalue weighted by atomic mass is 10.2. The van der Waals surface area contributed by atoms with Crippen LogP contribution >= 0.6 is 0 Å². The highest BCUT2D eigenvalue weighted by atomic mass is 16.5.